The van der Waals surface area contributed by atoms with E-state index in [9.17, 15) is 13.2 Å². The molecular formula is C17H19N3O3S. The third-order valence-corrected chi connectivity index (χ3v) is 5.89. The number of hydrogen-bond acceptors (Lipinski definition) is 3. The number of rotatable bonds is 4. The zero-order valence-electron chi connectivity index (χ0n) is 13.8. The molecule has 0 radical (unpaired) electrons. The first-order chi connectivity index (χ1) is 11.3. The van der Waals surface area contributed by atoms with Crippen molar-refractivity contribution in [1.29, 1.82) is 0 Å². The van der Waals surface area contributed by atoms with Crippen LogP contribution in [0.1, 0.15) is 16.7 Å². The highest BCUT2D eigenvalue weighted by Gasteiger charge is 2.22. The molecule has 126 valence electrons. The molecule has 0 aliphatic heterocycles. The predicted molar refractivity (Wildman–Crippen MR) is 93.5 cm³/mol. The average Bonchev–Trinajstić information content (AvgIpc) is 2.88. The van der Waals surface area contributed by atoms with Gasteiger partial charge in [-0.15, -0.1) is 0 Å². The quantitative estimate of drug-likeness (QED) is 0.761. The van der Waals surface area contributed by atoms with E-state index in [2.05, 4.69) is 9.97 Å². The number of nitrogens with zero attached hydrogens (tertiary/aromatic N) is 1. The van der Waals surface area contributed by atoms with E-state index >= 15 is 0 Å². The van der Waals surface area contributed by atoms with Crippen molar-refractivity contribution in [2.45, 2.75) is 25.3 Å². The van der Waals surface area contributed by atoms with Crippen molar-refractivity contribution in [3.63, 3.8) is 0 Å². The fourth-order valence-corrected chi connectivity index (χ4v) is 3.88. The van der Waals surface area contributed by atoms with Crippen molar-refractivity contribution in [2.75, 3.05) is 7.05 Å². The first-order valence-corrected chi connectivity index (χ1v) is 8.96. The molecule has 0 spiro atoms. The van der Waals surface area contributed by atoms with Crippen LogP contribution in [0, 0.1) is 13.8 Å². The summed E-state index contributed by atoms with van der Waals surface area (Å²) in [5, 5.41) is 0. The molecular weight excluding hydrogens is 326 g/mol. The number of sulfonamides is 1. The van der Waals surface area contributed by atoms with Gasteiger partial charge < -0.3 is 9.97 Å². The van der Waals surface area contributed by atoms with Gasteiger partial charge in [0.1, 0.15) is 0 Å². The van der Waals surface area contributed by atoms with Crippen LogP contribution in [0.5, 0.6) is 0 Å². The van der Waals surface area contributed by atoms with Crippen LogP contribution in [0.15, 0.2) is 46.1 Å². The highest BCUT2D eigenvalue weighted by Crippen LogP contribution is 2.21. The van der Waals surface area contributed by atoms with Crippen molar-refractivity contribution in [1.82, 2.24) is 14.3 Å². The van der Waals surface area contributed by atoms with E-state index in [1.807, 2.05) is 32.0 Å². The number of nitrogens with one attached hydrogen (secondary N) is 2. The van der Waals surface area contributed by atoms with Crippen LogP contribution in [0.3, 0.4) is 0 Å². The minimum absolute atomic E-state index is 0.150. The Morgan fingerprint density at radius 3 is 2.42 bits per heavy atom. The standard InChI is InChI=1S/C17H19N3O3S/c1-11-4-5-13(12(2)8-11)10-20(3)24(22,23)14-6-7-15-16(9-14)19-17(21)18-15/h4-9H,10H2,1-3H3,(H2,18,19,21). The summed E-state index contributed by atoms with van der Waals surface area (Å²) in [5.74, 6) is 0. The molecule has 0 saturated heterocycles. The van der Waals surface area contributed by atoms with Gasteiger partial charge in [0.05, 0.1) is 15.9 Å². The van der Waals surface area contributed by atoms with Crippen molar-refractivity contribution in [2.24, 2.45) is 0 Å². The third-order valence-electron chi connectivity index (χ3n) is 4.09. The summed E-state index contributed by atoms with van der Waals surface area (Å²) in [5.41, 5.74) is 3.86. The summed E-state index contributed by atoms with van der Waals surface area (Å²) in [6, 6.07) is 10.5. The molecule has 24 heavy (non-hydrogen) atoms. The summed E-state index contributed by atoms with van der Waals surface area (Å²) >= 11 is 0. The number of hydrogen-bond donors (Lipinski definition) is 2. The Morgan fingerprint density at radius 1 is 1.00 bits per heavy atom. The predicted octanol–water partition coefficient (Wildman–Crippen LogP) is 2.29. The summed E-state index contributed by atoms with van der Waals surface area (Å²) in [4.78, 5) is 16.6. The Hall–Kier alpha value is -2.38. The lowest BCUT2D eigenvalue weighted by molar-refractivity contribution is 0.466. The second kappa shape index (κ2) is 5.92. The maximum Gasteiger partial charge on any atom is 0.323 e. The Balaban J connectivity index is 1.94. The van der Waals surface area contributed by atoms with E-state index in [0.717, 1.165) is 16.7 Å². The highest BCUT2D eigenvalue weighted by atomic mass is 32.2. The van der Waals surface area contributed by atoms with Crippen LogP contribution in [0.4, 0.5) is 0 Å². The molecule has 3 rings (SSSR count). The van der Waals surface area contributed by atoms with Gasteiger partial charge in [-0.1, -0.05) is 23.8 Å². The Bertz CT molecular complexity index is 1060. The van der Waals surface area contributed by atoms with Crippen LogP contribution in [-0.4, -0.2) is 29.7 Å². The van der Waals surface area contributed by atoms with Crippen LogP contribution in [-0.2, 0) is 16.6 Å². The van der Waals surface area contributed by atoms with Crippen LogP contribution < -0.4 is 5.69 Å². The topological polar surface area (TPSA) is 86.0 Å². The molecule has 0 saturated carbocycles. The van der Waals surface area contributed by atoms with Gasteiger partial charge in [0.15, 0.2) is 0 Å². The minimum atomic E-state index is -3.65. The highest BCUT2D eigenvalue weighted by molar-refractivity contribution is 7.89. The average molecular weight is 345 g/mol. The van der Waals surface area contributed by atoms with Gasteiger partial charge in [0.25, 0.3) is 0 Å². The number of aromatic nitrogens is 2. The molecule has 7 heteroatoms. The number of aromatic amines is 2. The van der Waals surface area contributed by atoms with E-state index in [4.69, 9.17) is 0 Å². The summed E-state index contributed by atoms with van der Waals surface area (Å²) in [6.45, 7) is 4.26. The molecule has 6 nitrogen and oxygen atoms in total. The van der Waals surface area contributed by atoms with Gasteiger partial charge >= 0.3 is 5.69 Å². The van der Waals surface area contributed by atoms with Crippen molar-refractivity contribution < 1.29 is 8.42 Å². The van der Waals surface area contributed by atoms with Gasteiger partial charge in [-0.25, -0.2) is 13.2 Å². The van der Waals surface area contributed by atoms with Crippen molar-refractivity contribution >= 4 is 21.1 Å². The lowest BCUT2D eigenvalue weighted by Crippen LogP contribution is -2.26. The maximum atomic E-state index is 12.8. The lowest BCUT2D eigenvalue weighted by atomic mass is 10.1. The second-order valence-electron chi connectivity index (χ2n) is 5.98. The van der Waals surface area contributed by atoms with Crippen LogP contribution in [0.25, 0.3) is 11.0 Å². The zero-order valence-corrected chi connectivity index (χ0v) is 14.6. The van der Waals surface area contributed by atoms with Gasteiger partial charge in [-0.3, -0.25) is 0 Å². The fourth-order valence-electron chi connectivity index (χ4n) is 2.70. The van der Waals surface area contributed by atoms with Crippen molar-refractivity contribution in [3.8, 4) is 0 Å². The smallest absolute Gasteiger partial charge is 0.306 e. The van der Waals surface area contributed by atoms with Gasteiger partial charge in [-0.05, 0) is 43.2 Å². The van der Waals surface area contributed by atoms with E-state index in [1.165, 1.54) is 16.4 Å². The van der Waals surface area contributed by atoms with Crippen LogP contribution in [0.2, 0.25) is 0 Å². The monoisotopic (exact) mass is 345 g/mol. The number of imidazole rings is 1. The Kier molecular flexibility index (Phi) is 4.06. The maximum absolute atomic E-state index is 12.8. The molecule has 3 aromatic rings. The summed E-state index contributed by atoms with van der Waals surface area (Å²) in [6.07, 6.45) is 0. The molecule has 0 atom stereocenters. The van der Waals surface area contributed by atoms with E-state index in [0.29, 0.717) is 11.0 Å². The minimum Gasteiger partial charge on any atom is -0.306 e. The number of H-pyrrole nitrogens is 2. The zero-order chi connectivity index (χ0) is 17.5. The van der Waals surface area contributed by atoms with Gasteiger partial charge in [0.2, 0.25) is 10.0 Å². The molecule has 1 aromatic heterocycles. The van der Waals surface area contributed by atoms with E-state index in [1.54, 1.807) is 13.1 Å². The number of aryl methyl sites for hydroxylation is 2. The first-order valence-electron chi connectivity index (χ1n) is 7.52. The first kappa shape index (κ1) is 16.5. The number of benzene rings is 2. The molecule has 2 aromatic carbocycles. The summed E-state index contributed by atoms with van der Waals surface area (Å²) in [7, 11) is -2.09. The van der Waals surface area contributed by atoms with Gasteiger partial charge in [-0.2, -0.15) is 4.31 Å². The molecule has 0 bridgehead atoms. The normalized spacial score (nSPS) is 12.2. The fraction of sp³-hybridized carbons (Fsp3) is 0.235. The lowest BCUT2D eigenvalue weighted by Gasteiger charge is -2.18. The molecule has 0 aliphatic rings. The summed E-state index contributed by atoms with van der Waals surface area (Å²) < 4.78 is 26.9. The Labute approximate surface area is 140 Å². The Morgan fingerprint density at radius 2 is 1.71 bits per heavy atom. The van der Waals surface area contributed by atoms with Crippen molar-refractivity contribution in [3.05, 3.63) is 63.6 Å². The molecule has 2 N–H and O–H groups in total. The second-order valence-corrected chi connectivity index (χ2v) is 8.02. The molecule has 0 aliphatic carbocycles. The van der Waals surface area contributed by atoms with Gasteiger partial charge in [0, 0.05) is 13.6 Å². The van der Waals surface area contributed by atoms with E-state index in [-0.39, 0.29) is 17.1 Å². The van der Waals surface area contributed by atoms with E-state index < -0.39 is 10.0 Å². The largest absolute Gasteiger partial charge is 0.323 e. The molecule has 0 amide bonds. The molecule has 1 heterocycles. The molecule has 0 unspecified atom stereocenters. The third kappa shape index (κ3) is 3.00. The SMILES string of the molecule is Cc1ccc(CN(C)S(=O)(=O)c2ccc3[nH]c(=O)[nH]c3c2)c(C)c1. The van der Waals surface area contributed by atoms with Crippen LogP contribution >= 0.6 is 0 Å². The molecule has 0 fully saturated rings. The number of fused-ring (bicyclic) bond motifs is 1.